The number of benzene rings is 2. The van der Waals surface area contributed by atoms with E-state index in [0.29, 0.717) is 5.56 Å². The van der Waals surface area contributed by atoms with E-state index >= 15 is 0 Å². The average molecular weight is 358 g/mol. The van der Waals surface area contributed by atoms with Crippen molar-refractivity contribution in [3.63, 3.8) is 0 Å². The van der Waals surface area contributed by atoms with Crippen LogP contribution in [0.3, 0.4) is 0 Å². The lowest BCUT2D eigenvalue weighted by Gasteiger charge is -2.06. The van der Waals surface area contributed by atoms with E-state index in [0.717, 1.165) is 40.6 Å². The topological polar surface area (TPSA) is 62.0 Å². The summed E-state index contributed by atoms with van der Waals surface area (Å²) in [5.74, 6) is -0.269. The van der Waals surface area contributed by atoms with E-state index in [-0.39, 0.29) is 17.6 Å². The zero-order valence-corrected chi connectivity index (χ0v) is 14.7. The van der Waals surface area contributed by atoms with Gasteiger partial charge < -0.3 is 4.98 Å². The van der Waals surface area contributed by atoms with E-state index in [2.05, 4.69) is 9.71 Å². The first kappa shape index (κ1) is 16.3. The summed E-state index contributed by atoms with van der Waals surface area (Å²) >= 11 is 0. The molecule has 3 aromatic rings. The Hall–Kier alpha value is -2.18. The zero-order chi connectivity index (χ0) is 17.6. The molecule has 1 heterocycles. The fourth-order valence-corrected chi connectivity index (χ4v) is 4.46. The normalized spacial score (nSPS) is 15.0. The summed E-state index contributed by atoms with van der Waals surface area (Å²) in [4.78, 5) is 3.27. The molecule has 4 rings (SSSR count). The molecule has 0 saturated heterocycles. The van der Waals surface area contributed by atoms with Gasteiger partial charge >= 0.3 is 0 Å². The molecule has 0 amide bonds. The highest BCUT2D eigenvalue weighted by molar-refractivity contribution is 7.90. The molecule has 130 valence electrons. The maximum absolute atomic E-state index is 14.1. The molecule has 0 bridgehead atoms. The van der Waals surface area contributed by atoms with Gasteiger partial charge in [-0.1, -0.05) is 18.2 Å². The van der Waals surface area contributed by atoms with Crippen LogP contribution in [0.15, 0.2) is 42.5 Å². The van der Waals surface area contributed by atoms with Gasteiger partial charge in [-0.05, 0) is 55.2 Å². The molecular formula is C19H19FN2O2S. The molecule has 6 heteroatoms. The van der Waals surface area contributed by atoms with Crippen LogP contribution in [0.5, 0.6) is 0 Å². The first-order chi connectivity index (χ1) is 12.0. The third kappa shape index (κ3) is 3.07. The number of sulfonamides is 1. The van der Waals surface area contributed by atoms with Gasteiger partial charge in [0.15, 0.2) is 0 Å². The minimum Gasteiger partial charge on any atom is -0.354 e. The third-order valence-electron chi connectivity index (χ3n) is 4.71. The second kappa shape index (κ2) is 5.97. The Bertz CT molecular complexity index is 1050. The van der Waals surface area contributed by atoms with Crippen molar-refractivity contribution in [1.82, 2.24) is 9.71 Å². The Labute approximate surface area is 146 Å². The number of aryl methyl sites for hydroxylation is 1. The fraction of sp³-hybridized carbons (Fsp3) is 0.263. The van der Waals surface area contributed by atoms with Gasteiger partial charge in [-0.15, -0.1) is 0 Å². The monoisotopic (exact) mass is 358 g/mol. The molecule has 1 saturated carbocycles. The average Bonchev–Trinajstić information content (AvgIpc) is 3.40. The lowest BCUT2D eigenvalue weighted by Crippen LogP contribution is -2.26. The molecule has 2 aromatic carbocycles. The van der Waals surface area contributed by atoms with Crippen LogP contribution in [0.25, 0.3) is 22.2 Å². The first-order valence-electron chi connectivity index (χ1n) is 8.30. The Morgan fingerprint density at radius 1 is 1.20 bits per heavy atom. The van der Waals surface area contributed by atoms with Gasteiger partial charge in [-0.2, -0.15) is 0 Å². The van der Waals surface area contributed by atoms with Crippen molar-refractivity contribution < 1.29 is 12.8 Å². The maximum atomic E-state index is 14.1. The SMILES string of the molecule is Cc1c(-c2ccccc2F)[nH]c2ccc(CNS(=O)(=O)C3CC3)cc12. The molecule has 0 atom stereocenters. The van der Waals surface area contributed by atoms with Gasteiger partial charge in [0.1, 0.15) is 5.82 Å². The standard InChI is InChI=1S/C19H19FN2O2S/c1-12-16-10-13(11-21-25(23,24)14-7-8-14)6-9-18(16)22-19(12)15-4-2-3-5-17(15)20/h2-6,9-10,14,21-22H,7-8,11H2,1H3. The van der Waals surface area contributed by atoms with Crippen molar-refractivity contribution in [1.29, 1.82) is 0 Å². The van der Waals surface area contributed by atoms with Crippen molar-refractivity contribution in [2.24, 2.45) is 0 Å². The number of halogens is 1. The quantitative estimate of drug-likeness (QED) is 0.727. The number of aromatic amines is 1. The Kier molecular flexibility index (Phi) is 3.89. The van der Waals surface area contributed by atoms with Gasteiger partial charge in [0, 0.05) is 23.0 Å². The van der Waals surface area contributed by atoms with Crippen molar-refractivity contribution in [2.75, 3.05) is 0 Å². The van der Waals surface area contributed by atoms with E-state index in [1.54, 1.807) is 18.2 Å². The van der Waals surface area contributed by atoms with Crippen LogP contribution < -0.4 is 4.72 Å². The summed E-state index contributed by atoms with van der Waals surface area (Å²) in [7, 11) is -3.20. The van der Waals surface area contributed by atoms with E-state index < -0.39 is 10.0 Å². The van der Waals surface area contributed by atoms with Crippen molar-refractivity contribution in [3.8, 4) is 11.3 Å². The van der Waals surface area contributed by atoms with Crippen LogP contribution in [0.1, 0.15) is 24.0 Å². The smallest absolute Gasteiger partial charge is 0.214 e. The minimum absolute atomic E-state index is 0.224. The first-order valence-corrected chi connectivity index (χ1v) is 9.85. The van der Waals surface area contributed by atoms with Gasteiger partial charge in [0.05, 0.1) is 10.9 Å². The van der Waals surface area contributed by atoms with Crippen LogP contribution >= 0.6 is 0 Å². The predicted octanol–water partition coefficient (Wildman–Crippen LogP) is 3.86. The lowest BCUT2D eigenvalue weighted by atomic mass is 10.0. The minimum atomic E-state index is -3.20. The van der Waals surface area contributed by atoms with Gasteiger partial charge in [0.2, 0.25) is 10.0 Å². The molecule has 0 spiro atoms. The van der Waals surface area contributed by atoms with Crippen LogP contribution in [0.2, 0.25) is 0 Å². The summed E-state index contributed by atoms with van der Waals surface area (Å²) in [5, 5.41) is 0.749. The summed E-state index contributed by atoms with van der Waals surface area (Å²) in [6.07, 6.45) is 1.49. The maximum Gasteiger partial charge on any atom is 0.214 e. The summed E-state index contributed by atoms with van der Waals surface area (Å²) < 4.78 is 40.7. The highest BCUT2D eigenvalue weighted by Crippen LogP contribution is 2.32. The number of nitrogens with one attached hydrogen (secondary N) is 2. The molecule has 1 aliphatic rings. The van der Waals surface area contributed by atoms with Crippen LogP contribution in [-0.4, -0.2) is 18.7 Å². The largest absolute Gasteiger partial charge is 0.354 e. The van der Waals surface area contributed by atoms with Gasteiger partial charge in [0.25, 0.3) is 0 Å². The molecule has 1 aromatic heterocycles. The molecule has 0 aliphatic heterocycles. The number of aromatic nitrogens is 1. The predicted molar refractivity (Wildman–Crippen MR) is 97.2 cm³/mol. The zero-order valence-electron chi connectivity index (χ0n) is 13.8. The van der Waals surface area contributed by atoms with Crippen molar-refractivity contribution >= 4 is 20.9 Å². The molecule has 2 N–H and O–H groups in total. The van der Waals surface area contributed by atoms with Gasteiger partial charge in [-0.25, -0.2) is 17.5 Å². The van der Waals surface area contributed by atoms with Crippen molar-refractivity contribution in [3.05, 3.63) is 59.4 Å². The van der Waals surface area contributed by atoms with Crippen LogP contribution in [-0.2, 0) is 16.6 Å². The summed E-state index contributed by atoms with van der Waals surface area (Å²) in [5.41, 5.74) is 4.03. The van der Waals surface area contributed by atoms with Crippen LogP contribution in [0, 0.1) is 12.7 Å². The Morgan fingerprint density at radius 3 is 2.68 bits per heavy atom. The lowest BCUT2D eigenvalue weighted by molar-refractivity contribution is 0.580. The molecule has 4 nitrogen and oxygen atoms in total. The van der Waals surface area contributed by atoms with E-state index in [1.807, 2.05) is 25.1 Å². The molecule has 0 radical (unpaired) electrons. The highest BCUT2D eigenvalue weighted by atomic mass is 32.2. The van der Waals surface area contributed by atoms with Gasteiger partial charge in [-0.3, -0.25) is 0 Å². The van der Waals surface area contributed by atoms with Crippen molar-refractivity contribution in [2.45, 2.75) is 31.6 Å². The fourth-order valence-electron chi connectivity index (χ4n) is 3.10. The number of H-pyrrole nitrogens is 1. The molecule has 25 heavy (non-hydrogen) atoms. The summed E-state index contributed by atoms with van der Waals surface area (Å²) in [6, 6.07) is 12.4. The number of rotatable bonds is 5. The second-order valence-corrected chi connectivity index (χ2v) is 8.60. The summed E-state index contributed by atoms with van der Waals surface area (Å²) in [6.45, 7) is 2.22. The molecular weight excluding hydrogens is 339 g/mol. The molecule has 1 aliphatic carbocycles. The molecule has 1 fully saturated rings. The van der Waals surface area contributed by atoms with E-state index in [1.165, 1.54) is 6.07 Å². The highest BCUT2D eigenvalue weighted by Gasteiger charge is 2.35. The van der Waals surface area contributed by atoms with E-state index in [4.69, 9.17) is 0 Å². The number of hydrogen-bond donors (Lipinski definition) is 2. The van der Waals surface area contributed by atoms with Crippen LogP contribution in [0.4, 0.5) is 4.39 Å². The Balaban J connectivity index is 1.67. The number of hydrogen-bond acceptors (Lipinski definition) is 2. The molecule has 0 unspecified atom stereocenters. The Morgan fingerprint density at radius 2 is 1.96 bits per heavy atom. The second-order valence-electron chi connectivity index (χ2n) is 6.55. The number of fused-ring (bicyclic) bond motifs is 1. The third-order valence-corrected chi connectivity index (χ3v) is 6.60. The van der Waals surface area contributed by atoms with E-state index in [9.17, 15) is 12.8 Å².